The van der Waals surface area contributed by atoms with Crippen molar-refractivity contribution in [1.29, 1.82) is 0 Å². The maximum atomic E-state index is 12.9. The Morgan fingerprint density at radius 3 is 2.36 bits per heavy atom. The van der Waals surface area contributed by atoms with E-state index in [2.05, 4.69) is 10.6 Å². The van der Waals surface area contributed by atoms with Gasteiger partial charge in [-0.1, -0.05) is 12.1 Å². The second kappa shape index (κ2) is 9.16. The van der Waals surface area contributed by atoms with Crippen molar-refractivity contribution in [3.63, 3.8) is 0 Å². The van der Waals surface area contributed by atoms with Crippen LogP contribution in [0.2, 0.25) is 0 Å². The monoisotopic (exact) mass is 387 g/mol. The summed E-state index contributed by atoms with van der Waals surface area (Å²) in [5.41, 5.74) is 1.24. The van der Waals surface area contributed by atoms with E-state index in [1.165, 1.54) is 24.7 Å². The van der Waals surface area contributed by atoms with Crippen molar-refractivity contribution in [3.8, 4) is 0 Å². The fraction of sp³-hybridized carbons (Fsp3) is 0.350. The average Bonchev–Trinajstić information content (AvgIpc) is 3.26. The summed E-state index contributed by atoms with van der Waals surface area (Å²) in [5, 5.41) is 5.15. The van der Waals surface area contributed by atoms with Gasteiger partial charge in [0, 0.05) is 26.2 Å². The number of hydrogen-bond acceptors (Lipinski definition) is 4. The number of hydrogen-bond donors (Lipinski definition) is 2. The normalized spacial score (nSPS) is 14.5. The van der Waals surface area contributed by atoms with E-state index in [4.69, 9.17) is 4.42 Å². The van der Waals surface area contributed by atoms with Gasteiger partial charge in [0.05, 0.1) is 11.8 Å². The summed E-state index contributed by atoms with van der Waals surface area (Å²) in [6.45, 7) is 1.74. The van der Waals surface area contributed by atoms with Crippen molar-refractivity contribution < 1.29 is 23.2 Å². The van der Waals surface area contributed by atoms with E-state index in [-0.39, 0.29) is 24.2 Å². The number of nitrogens with zero attached hydrogens (tertiary/aromatic N) is 1. The molecule has 2 N–H and O–H groups in total. The van der Waals surface area contributed by atoms with E-state index < -0.39 is 11.8 Å². The SMILES string of the molecule is O=C(NCc1ccc(F)cc1)C(=O)NCC1CCN(C(=O)c2ccoc2)CC1. The number of amides is 3. The van der Waals surface area contributed by atoms with Crippen molar-refractivity contribution in [2.75, 3.05) is 19.6 Å². The predicted molar refractivity (Wildman–Crippen MR) is 98.6 cm³/mol. The number of rotatable bonds is 5. The van der Waals surface area contributed by atoms with Crippen LogP contribution in [0, 0.1) is 11.7 Å². The lowest BCUT2D eigenvalue weighted by molar-refractivity contribution is -0.139. The van der Waals surface area contributed by atoms with Crippen LogP contribution in [0.3, 0.4) is 0 Å². The number of likely N-dealkylation sites (tertiary alicyclic amines) is 1. The predicted octanol–water partition coefficient (Wildman–Crippen LogP) is 1.70. The molecule has 0 saturated carbocycles. The minimum Gasteiger partial charge on any atom is -0.472 e. The number of nitrogens with one attached hydrogen (secondary N) is 2. The second-order valence-electron chi connectivity index (χ2n) is 6.77. The second-order valence-corrected chi connectivity index (χ2v) is 6.77. The molecule has 0 aliphatic carbocycles. The zero-order valence-corrected chi connectivity index (χ0v) is 15.3. The molecule has 0 bridgehead atoms. The van der Waals surface area contributed by atoms with Gasteiger partial charge in [0.15, 0.2) is 0 Å². The Morgan fingerprint density at radius 1 is 1.04 bits per heavy atom. The smallest absolute Gasteiger partial charge is 0.309 e. The van der Waals surface area contributed by atoms with E-state index in [0.29, 0.717) is 30.8 Å². The molecule has 3 amide bonds. The molecule has 1 saturated heterocycles. The molecule has 148 valence electrons. The molecular formula is C20H22FN3O4. The van der Waals surface area contributed by atoms with Crippen molar-refractivity contribution in [2.45, 2.75) is 19.4 Å². The first kappa shape index (κ1) is 19.6. The van der Waals surface area contributed by atoms with Crippen molar-refractivity contribution in [2.24, 2.45) is 5.92 Å². The highest BCUT2D eigenvalue weighted by molar-refractivity contribution is 6.35. The molecule has 1 aromatic carbocycles. The molecule has 2 aromatic rings. The maximum absolute atomic E-state index is 12.9. The van der Waals surface area contributed by atoms with Crippen LogP contribution < -0.4 is 10.6 Å². The number of benzene rings is 1. The highest BCUT2D eigenvalue weighted by Gasteiger charge is 2.25. The fourth-order valence-electron chi connectivity index (χ4n) is 3.09. The molecule has 8 heteroatoms. The first-order chi connectivity index (χ1) is 13.5. The molecule has 1 aromatic heterocycles. The Labute approximate surface area is 161 Å². The number of furan rings is 1. The first-order valence-corrected chi connectivity index (χ1v) is 9.15. The molecule has 7 nitrogen and oxygen atoms in total. The van der Waals surface area contributed by atoms with E-state index in [9.17, 15) is 18.8 Å². The van der Waals surface area contributed by atoms with E-state index in [0.717, 1.165) is 12.8 Å². The molecule has 1 aliphatic heterocycles. The molecule has 0 unspecified atom stereocenters. The highest BCUT2D eigenvalue weighted by Crippen LogP contribution is 2.18. The van der Waals surface area contributed by atoms with Crippen molar-refractivity contribution in [1.82, 2.24) is 15.5 Å². The van der Waals surface area contributed by atoms with Crippen LogP contribution in [0.15, 0.2) is 47.3 Å². The average molecular weight is 387 g/mol. The summed E-state index contributed by atoms with van der Waals surface area (Å²) in [7, 11) is 0. The van der Waals surface area contributed by atoms with Gasteiger partial charge in [0.25, 0.3) is 5.91 Å². The fourth-order valence-corrected chi connectivity index (χ4v) is 3.09. The number of carbonyl (C=O) groups excluding carboxylic acids is 3. The van der Waals surface area contributed by atoms with E-state index in [1.807, 2.05) is 0 Å². The lowest BCUT2D eigenvalue weighted by Gasteiger charge is -2.31. The molecule has 28 heavy (non-hydrogen) atoms. The molecule has 0 atom stereocenters. The number of carbonyl (C=O) groups is 3. The van der Waals surface area contributed by atoms with Gasteiger partial charge >= 0.3 is 11.8 Å². The van der Waals surface area contributed by atoms with Crippen molar-refractivity contribution >= 4 is 17.7 Å². The highest BCUT2D eigenvalue weighted by atomic mass is 19.1. The van der Waals surface area contributed by atoms with Crippen LogP contribution in [-0.4, -0.2) is 42.3 Å². The lowest BCUT2D eigenvalue weighted by Crippen LogP contribution is -2.44. The zero-order valence-electron chi connectivity index (χ0n) is 15.3. The minimum absolute atomic E-state index is 0.0589. The van der Waals surface area contributed by atoms with Gasteiger partial charge in [-0.15, -0.1) is 0 Å². The molecular weight excluding hydrogens is 365 g/mol. The minimum atomic E-state index is -0.725. The van der Waals surface area contributed by atoms with Crippen molar-refractivity contribution in [3.05, 3.63) is 59.8 Å². The Morgan fingerprint density at radius 2 is 1.71 bits per heavy atom. The molecule has 2 heterocycles. The quantitative estimate of drug-likeness (QED) is 0.764. The third-order valence-electron chi connectivity index (χ3n) is 4.79. The van der Waals surface area contributed by atoms with Crippen LogP contribution in [0.25, 0.3) is 0 Å². The Bertz CT molecular complexity index is 812. The van der Waals surface area contributed by atoms with Gasteiger partial charge in [-0.05, 0) is 42.5 Å². The summed E-state index contributed by atoms with van der Waals surface area (Å²) < 4.78 is 17.8. The standard InChI is InChI=1S/C20H22FN3O4/c21-17-3-1-14(2-4-17)11-22-18(25)19(26)23-12-15-5-8-24(9-6-15)20(27)16-7-10-28-13-16/h1-4,7,10,13,15H,5-6,8-9,11-12H2,(H,22,25)(H,23,26). The Kier molecular flexibility index (Phi) is 6.41. The molecule has 1 fully saturated rings. The van der Waals surface area contributed by atoms with Gasteiger partial charge < -0.3 is 20.0 Å². The summed E-state index contributed by atoms with van der Waals surface area (Å²) in [6.07, 6.45) is 4.40. The summed E-state index contributed by atoms with van der Waals surface area (Å²) in [5.74, 6) is -1.63. The van der Waals surface area contributed by atoms with E-state index >= 15 is 0 Å². The van der Waals surface area contributed by atoms with Crippen LogP contribution >= 0.6 is 0 Å². The summed E-state index contributed by atoms with van der Waals surface area (Å²) in [4.78, 5) is 37.8. The van der Waals surface area contributed by atoms with Crippen LogP contribution in [0.1, 0.15) is 28.8 Å². The number of halogens is 1. The number of piperidine rings is 1. The van der Waals surface area contributed by atoms with E-state index in [1.54, 1.807) is 23.1 Å². The molecule has 0 radical (unpaired) electrons. The third kappa shape index (κ3) is 5.18. The van der Waals surface area contributed by atoms with Gasteiger partial charge in [-0.2, -0.15) is 0 Å². The van der Waals surface area contributed by atoms with Crippen LogP contribution in [0.5, 0.6) is 0 Å². The zero-order chi connectivity index (χ0) is 19.9. The maximum Gasteiger partial charge on any atom is 0.309 e. The van der Waals surface area contributed by atoms with Gasteiger partial charge in [-0.3, -0.25) is 14.4 Å². The topological polar surface area (TPSA) is 91.7 Å². The first-order valence-electron chi connectivity index (χ1n) is 9.15. The summed E-state index contributed by atoms with van der Waals surface area (Å²) in [6, 6.07) is 7.33. The van der Waals surface area contributed by atoms with Gasteiger partial charge in [-0.25, -0.2) is 4.39 Å². The Hall–Kier alpha value is -3.16. The van der Waals surface area contributed by atoms with Crippen LogP contribution in [-0.2, 0) is 16.1 Å². The third-order valence-corrected chi connectivity index (χ3v) is 4.79. The van der Waals surface area contributed by atoms with Gasteiger partial charge in [0.1, 0.15) is 12.1 Å². The summed E-state index contributed by atoms with van der Waals surface area (Å²) >= 11 is 0. The largest absolute Gasteiger partial charge is 0.472 e. The van der Waals surface area contributed by atoms with Gasteiger partial charge in [0.2, 0.25) is 0 Å². The lowest BCUT2D eigenvalue weighted by atomic mass is 9.96. The molecule has 0 spiro atoms. The van der Waals surface area contributed by atoms with Crippen LogP contribution in [0.4, 0.5) is 4.39 Å². The Balaban J connectivity index is 1.36. The molecule has 3 rings (SSSR count). The molecule has 1 aliphatic rings.